The number of hydrogen-bond acceptors (Lipinski definition) is 8. The van der Waals surface area contributed by atoms with E-state index in [0.29, 0.717) is 17.3 Å². The van der Waals surface area contributed by atoms with Crippen molar-refractivity contribution in [2.24, 2.45) is 0 Å². The molecule has 0 saturated carbocycles. The molecule has 1 N–H and O–H groups in total. The van der Waals surface area contributed by atoms with Crippen LogP contribution in [0.25, 0.3) is 32.6 Å². The highest BCUT2D eigenvalue weighted by Crippen LogP contribution is 2.29. The van der Waals surface area contributed by atoms with Crippen LogP contribution in [0, 0.1) is 5.82 Å². The van der Waals surface area contributed by atoms with Gasteiger partial charge in [0.05, 0.1) is 16.8 Å². The van der Waals surface area contributed by atoms with Gasteiger partial charge in [-0.05, 0) is 37.3 Å². The first-order valence-corrected chi connectivity index (χ1v) is 10.8. The molecule has 0 bridgehead atoms. The first kappa shape index (κ1) is 20.8. The number of nitrogens with zero attached hydrogens (tertiary/aromatic N) is 4. The molecule has 0 fully saturated rings. The van der Waals surface area contributed by atoms with Gasteiger partial charge in [0.2, 0.25) is 5.91 Å². The summed E-state index contributed by atoms with van der Waals surface area (Å²) in [4.78, 5) is 34.1. The van der Waals surface area contributed by atoms with Crippen LogP contribution in [0.5, 0.6) is 5.75 Å². The van der Waals surface area contributed by atoms with Crippen molar-refractivity contribution in [2.45, 2.75) is 13.5 Å². The first-order chi connectivity index (χ1) is 16.0. The number of carbonyl (C=O) groups is 1. The average molecular weight is 465 g/mol. The van der Waals surface area contributed by atoms with Crippen molar-refractivity contribution in [1.29, 1.82) is 0 Å². The molecule has 0 saturated heterocycles. The van der Waals surface area contributed by atoms with Gasteiger partial charge in [0, 0.05) is 5.56 Å². The number of carbonyl (C=O) groups excluding carboxylic acids is 1. The Balaban J connectivity index is 1.40. The summed E-state index contributed by atoms with van der Waals surface area (Å²) in [7, 11) is 0. The number of hydrogen-bond donors (Lipinski definition) is 1. The van der Waals surface area contributed by atoms with Gasteiger partial charge >= 0.3 is 0 Å². The Labute approximate surface area is 189 Å². The van der Waals surface area contributed by atoms with Crippen LogP contribution in [-0.2, 0) is 11.3 Å². The lowest BCUT2D eigenvalue weighted by Gasteiger charge is -2.05. The predicted octanol–water partition coefficient (Wildman–Crippen LogP) is 3.84. The van der Waals surface area contributed by atoms with Crippen molar-refractivity contribution in [1.82, 2.24) is 19.7 Å². The molecule has 0 aliphatic rings. The zero-order valence-corrected chi connectivity index (χ0v) is 18.1. The fourth-order valence-electron chi connectivity index (χ4n) is 3.35. The second-order valence-corrected chi connectivity index (χ2v) is 8.06. The second-order valence-electron chi connectivity index (χ2n) is 7.03. The van der Waals surface area contributed by atoms with Crippen LogP contribution in [0.1, 0.15) is 6.92 Å². The monoisotopic (exact) mass is 465 g/mol. The van der Waals surface area contributed by atoms with E-state index in [-0.39, 0.29) is 23.3 Å². The van der Waals surface area contributed by atoms with Crippen molar-refractivity contribution in [3.05, 3.63) is 65.0 Å². The Morgan fingerprint density at radius 3 is 2.97 bits per heavy atom. The van der Waals surface area contributed by atoms with Gasteiger partial charge in [-0.1, -0.05) is 28.6 Å². The number of fused-ring (bicyclic) bond motifs is 2. The lowest BCUT2D eigenvalue weighted by molar-refractivity contribution is -0.116. The molecule has 5 aromatic rings. The number of nitrogens with one attached hydrogen (secondary N) is 1. The summed E-state index contributed by atoms with van der Waals surface area (Å²) in [6, 6.07) is 11.1. The molecule has 9 nitrogen and oxygen atoms in total. The van der Waals surface area contributed by atoms with Crippen molar-refractivity contribution >= 4 is 43.7 Å². The summed E-state index contributed by atoms with van der Waals surface area (Å²) >= 11 is 1.30. The molecule has 3 aromatic heterocycles. The van der Waals surface area contributed by atoms with E-state index in [4.69, 9.17) is 9.26 Å². The van der Waals surface area contributed by atoms with E-state index in [1.807, 2.05) is 25.1 Å². The normalized spacial score (nSPS) is 11.2. The number of aromatic nitrogens is 4. The molecule has 0 spiro atoms. The number of thiazole rings is 1. The smallest absolute Gasteiger partial charge is 0.267 e. The van der Waals surface area contributed by atoms with Gasteiger partial charge in [-0.15, -0.1) is 0 Å². The Morgan fingerprint density at radius 2 is 2.15 bits per heavy atom. The van der Waals surface area contributed by atoms with Gasteiger partial charge in [0.15, 0.2) is 5.13 Å². The van der Waals surface area contributed by atoms with Crippen LogP contribution in [0.15, 0.2) is 58.1 Å². The maximum absolute atomic E-state index is 13.6. The van der Waals surface area contributed by atoms with Crippen molar-refractivity contribution in [3.63, 3.8) is 0 Å². The van der Waals surface area contributed by atoms with Crippen molar-refractivity contribution in [3.8, 4) is 17.0 Å². The Kier molecular flexibility index (Phi) is 5.31. The molecule has 3 heterocycles. The summed E-state index contributed by atoms with van der Waals surface area (Å²) in [6.07, 6.45) is 1.21. The SMILES string of the molecule is CCOc1ccc2nc(NC(=O)Cn3cnc4onc(-c5cccc(F)c5)c4c3=O)sc2c1. The summed E-state index contributed by atoms with van der Waals surface area (Å²) in [5, 5.41) is 7.04. The summed E-state index contributed by atoms with van der Waals surface area (Å²) < 4.78 is 26.2. The van der Waals surface area contributed by atoms with Crippen LogP contribution in [0.2, 0.25) is 0 Å². The number of halogens is 1. The van der Waals surface area contributed by atoms with E-state index in [9.17, 15) is 14.0 Å². The van der Waals surface area contributed by atoms with E-state index in [1.165, 1.54) is 35.9 Å². The summed E-state index contributed by atoms with van der Waals surface area (Å²) in [5.41, 5.74) is 0.737. The van der Waals surface area contributed by atoms with Gasteiger partial charge in [0.1, 0.15) is 35.5 Å². The van der Waals surface area contributed by atoms with E-state index in [0.717, 1.165) is 20.5 Å². The molecular formula is C22H16FN5O4S. The number of rotatable bonds is 6. The van der Waals surface area contributed by atoms with E-state index in [1.54, 1.807) is 6.07 Å². The Morgan fingerprint density at radius 1 is 1.27 bits per heavy atom. The highest BCUT2D eigenvalue weighted by atomic mass is 32.1. The molecule has 1 amide bonds. The lowest BCUT2D eigenvalue weighted by atomic mass is 10.1. The molecule has 2 aromatic carbocycles. The van der Waals surface area contributed by atoms with Gasteiger partial charge in [-0.2, -0.15) is 0 Å². The van der Waals surface area contributed by atoms with Gasteiger partial charge in [0.25, 0.3) is 11.3 Å². The molecule has 33 heavy (non-hydrogen) atoms. The highest BCUT2D eigenvalue weighted by molar-refractivity contribution is 7.22. The lowest BCUT2D eigenvalue weighted by Crippen LogP contribution is -2.27. The molecule has 166 valence electrons. The van der Waals surface area contributed by atoms with Crippen LogP contribution in [0.4, 0.5) is 9.52 Å². The fourth-order valence-corrected chi connectivity index (χ4v) is 4.26. The molecular weight excluding hydrogens is 449 g/mol. The maximum atomic E-state index is 13.6. The molecule has 5 rings (SSSR count). The molecule has 0 radical (unpaired) electrons. The minimum atomic E-state index is -0.527. The average Bonchev–Trinajstić information content (AvgIpc) is 3.39. The van der Waals surface area contributed by atoms with Crippen LogP contribution < -0.4 is 15.6 Å². The molecule has 0 aliphatic carbocycles. The predicted molar refractivity (Wildman–Crippen MR) is 121 cm³/mol. The van der Waals surface area contributed by atoms with E-state index in [2.05, 4.69) is 20.4 Å². The third-order valence-electron chi connectivity index (χ3n) is 4.79. The minimum absolute atomic E-state index is 0.00666. The van der Waals surface area contributed by atoms with Crippen LogP contribution >= 0.6 is 11.3 Å². The topological polar surface area (TPSA) is 112 Å². The molecule has 0 unspecified atom stereocenters. The first-order valence-electron chi connectivity index (χ1n) is 9.96. The largest absolute Gasteiger partial charge is 0.494 e. The molecule has 0 aliphatic heterocycles. The maximum Gasteiger partial charge on any atom is 0.267 e. The standard InChI is InChI=1S/C22H16FN5O4S/c1-2-31-14-6-7-15-16(9-14)33-22(25-15)26-17(29)10-28-11-24-20-18(21(28)30)19(27-32-20)12-4-3-5-13(23)8-12/h3-9,11H,2,10H2,1H3,(H,25,26,29). The minimum Gasteiger partial charge on any atom is -0.494 e. The Bertz CT molecular complexity index is 1560. The van der Waals surface area contributed by atoms with Crippen molar-refractivity contribution < 1.29 is 18.4 Å². The zero-order chi connectivity index (χ0) is 22.9. The number of anilines is 1. The molecule has 0 atom stereocenters. The number of amides is 1. The van der Waals surface area contributed by atoms with Crippen LogP contribution in [0.3, 0.4) is 0 Å². The third kappa shape index (κ3) is 4.05. The fraction of sp³-hybridized carbons (Fsp3) is 0.136. The second kappa shape index (κ2) is 8.43. The number of benzene rings is 2. The zero-order valence-electron chi connectivity index (χ0n) is 17.2. The van der Waals surface area contributed by atoms with Gasteiger partial charge in [-0.3, -0.25) is 14.2 Å². The van der Waals surface area contributed by atoms with Crippen LogP contribution in [-0.4, -0.2) is 32.2 Å². The van der Waals surface area contributed by atoms with Gasteiger partial charge in [-0.25, -0.2) is 14.4 Å². The highest BCUT2D eigenvalue weighted by Gasteiger charge is 2.19. The Hall–Kier alpha value is -4.12. The third-order valence-corrected chi connectivity index (χ3v) is 5.73. The van der Waals surface area contributed by atoms with Gasteiger partial charge < -0.3 is 14.6 Å². The molecule has 11 heteroatoms. The number of ether oxygens (including phenoxy) is 1. The van der Waals surface area contributed by atoms with E-state index < -0.39 is 17.3 Å². The van der Waals surface area contributed by atoms with Crippen molar-refractivity contribution in [2.75, 3.05) is 11.9 Å². The quantitative estimate of drug-likeness (QED) is 0.405. The summed E-state index contributed by atoms with van der Waals surface area (Å²) in [5.74, 6) is -0.206. The summed E-state index contributed by atoms with van der Waals surface area (Å²) in [6.45, 7) is 2.15. The van der Waals surface area contributed by atoms with E-state index >= 15 is 0 Å².